The van der Waals surface area contributed by atoms with E-state index in [0.29, 0.717) is 18.8 Å². The van der Waals surface area contributed by atoms with Crippen LogP contribution in [0, 0.1) is 20.8 Å². The van der Waals surface area contributed by atoms with Gasteiger partial charge < -0.3 is 15.7 Å². The maximum Gasteiger partial charge on any atom is 0.315 e. The van der Waals surface area contributed by atoms with Crippen LogP contribution in [0.2, 0.25) is 0 Å². The normalized spacial score (nSPS) is 21.3. The van der Waals surface area contributed by atoms with Crippen molar-refractivity contribution in [3.05, 3.63) is 34.4 Å². The van der Waals surface area contributed by atoms with E-state index < -0.39 is 5.60 Å². The number of hydrogen-bond acceptors (Lipinski definition) is 3. The Balaban J connectivity index is 1.84. The maximum atomic E-state index is 11.9. The lowest BCUT2D eigenvalue weighted by Crippen LogP contribution is -2.46. The number of hydrogen-bond donors (Lipinski definition) is 3. The fraction of sp³-hybridized carbons (Fsp3) is 0.562. The Morgan fingerprint density at radius 1 is 1.29 bits per heavy atom. The molecular formula is C16H24N2O2S. The third kappa shape index (κ3) is 4.38. The lowest BCUT2D eigenvalue weighted by molar-refractivity contribution is 0.0700. The van der Waals surface area contributed by atoms with Gasteiger partial charge in [-0.3, -0.25) is 0 Å². The molecule has 0 saturated carbocycles. The second-order valence-corrected chi connectivity index (χ2v) is 7.05. The Kier molecular flexibility index (Phi) is 5.17. The van der Waals surface area contributed by atoms with Crippen LogP contribution in [0.5, 0.6) is 0 Å². The maximum absolute atomic E-state index is 11.9. The average Bonchev–Trinajstić information content (AvgIpc) is 2.82. The van der Waals surface area contributed by atoms with Crippen LogP contribution in [-0.2, 0) is 6.54 Å². The molecule has 0 radical (unpaired) electrons. The van der Waals surface area contributed by atoms with Crippen molar-refractivity contribution in [2.75, 3.05) is 18.1 Å². The topological polar surface area (TPSA) is 61.4 Å². The quantitative estimate of drug-likeness (QED) is 0.800. The number of carbonyl (C=O) groups excluding carboxylic acids is 1. The van der Waals surface area contributed by atoms with E-state index in [0.717, 1.165) is 17.7 Å². The molecule has 1 atom stereocenters. The molecule has 116 valence electrons. The van der Waals surface area contributed by atoms with Gasteiger partial charge in [-0.15, -0.1) is 0 Å². The van der Waals surface area contributed by atoms with Crippen molar-refractivity contribution in [3.63, 3.8) is 0 Å². The fourth-order valence-corrected chi connectivity index (χ4v) is 4.00. The van der Waals surface area contributed by atoms with Crippen LogP contribution in [-0.4, -0.2) is 34.8 Å². The zero-order chi connectivity index (χ0) is 15.5. The van der Waals surface area contributed by atoms with Gasteiger partial charge in [0.1, 0.15) is 0 Å². The molecule has 4 nitrogen and oxygen atoms in total. The van der Waals surface area contributed by atoms with E-state index in [9.17, 15) is 9.90 Å². The summed E-state index contributed by atoms with van der Waals surface area (Å²) in [5.74, 6) is 1.66. The first-order chi connectivity index (χ1) is 9.89. The first-order valence-electron chi connectivity index (χ1n) is 7.28. The Morgan fingerprint density at radius 2 is 1.95 bits per heavy atom. The van der Waals surface area contributed by atoms with Crippen molar-refractivity contribution >= 4 is 17.8 Å². The summed E-state index contributed by atoms with van der Waals surface area (Å²) >= 11 is 1.73. The molecule has 1 fully saturated rings. The summed E-state index contributed by atoms with van der Waals surface area (Å²) < 4.78 is 0. The highest BCUT2D eigenvalue weighted by Crippen LogP contribution is 2.26. The molecule has 1 saturated heterocycles. The van der Waals surface area contributed by atoms with Crippen LogP contribution in [0.15, 0.2) is 12.1 Å². The molecule has 1 heterocycles. The van der Waals surface area contributed by atoms with E-state index in [-0.39, 0.29) is 6.03 Å². The molecule has 3 N–H and O–H groups in total. The van der Waals surface area contributed by atoms with Crippen molar-refractivity contribution in [3.8, 4) is 0 Å². The van der Waals surface area contributed by atoms with Gasteiger partial charge in [0.2, 0.25) is 0 Å². The van der Waals surface area contributed by atoms with Gasteiger partial charge in [0.05, 0.1) is 5.60 Å². The predicted molar refractivity (Wildman–Crippen MR) is 87.8 cm³/mol. The molecule has 0 aromatic heterocycles. The van der Waals surface area contributed by atoms with Crippen LogP contribution in [0.3, 0.4) is 0 Å². The Hall–Kier alpha value is -1.20. The number of urea groups is 1. The average molecular weight is 308 g/mol. The number of thioether (sulfide) groups is 1. The van der Waals surface area contributed by atoms with Gasteiger partial charge in [-0.25, -0.2) is 4.79 Å². The zero-order valence-electron chi connectivity index (χ0n) is 13.0. The van der Waals surface area contributed by atoms with E-state index in [2.05, 4.69) is 43.5 Å². The predicted octanol–water partition coefficient (Wildman–Crippen LogP) is 2.28. The number of aliphatic hydroxyl groups is 1. The van der Waals surface area contributed by atoms with Crippen molar-refractivity contribution in [2.45, 2.75) is 39.3 Å². The van der Waals surface area contributed by atoms with E-state index in [1.807, 2.05) is 0 Å². The third-order valence-corrected chi connectivity index (χ3v) is 5.16. The Labute approximate surface area is 130 Å². The highest BCUT2D eigenvalue weighted by Gasteiger charge is 2.31. The molecule has 2 rings (SSSR count). The number of carbonyl (C=O) groups is 1. The molecule has 0 unspecified atom stereocenters. The molecule has 1 aliphatic heterocycles. The number of aryl methyl sites for hydroxylation is 3. The van der Waals surface area contributed by atoms with Crippen molar-refractivity contribution in [1.82, 2.24) is 10.6 Å². The van der Waals surface area contributed by atoms with Gasteiger partial charge in [-0.1, -0.05) is 17.7 Å². The minimum Gasteiger partial charge on any atom is -0.387 e. The molecule has 21 heavy (non-hydrogen) atoms. The number of nitrogens with one attached hydrogen (secondary N) is 2. The van der Waals surface area contributed by atoms with Gasteiger partial charge in [0.25, 0.3) is 0 Å². The summed E-state index contributed by atoms with van der Waals surface area (Å²) in [5.41, 5.74) is 4.04. The van der Waals surface area contributed by atoms with Gasteiger partial charge in [-0.05, 0) is 49.6 Å². The molecule has 0 bridgehead atoms. The van der Waals surface area contributed by atoms with Crippen molar-refractivity contribution < 1.29 is 9.90 Å². The minimum absolute atomic E-state index is 0.222. The molecule has 1 aromatic carbocycles. The number of amides is 2. The summed E-state index contributed by atoms with van der Waals surface area (Å²) in [5, 5.41) is 15.8. The molecule has 0 aliphatic carbocycles. The summed E-state index contributed by atoms with van der Waals surface area (Å²) in [7, 11) is 0. The molecule has 1 aliphatic rings. The zero-order valence-corrected chi connectivity index (χ0v) is 13.8. The summed E-state index contributed by atoms with van der Waals surface area (Å²) in [6.45, 7) is 7.03. The van der Waals surface area contributed by atoms with E-state index in [1.54, 1.807) is 11.8 Å². The molecule has 5 heteroatoms. The van der Waals surface area contributed by atoms with Crippen molar-refractivity contribution in [1.29, 1.82) is 0 Å². The van der Waals surface area contributed by atoms with E-state index in [1.165, 1.54) is 16.7 Å². The standard InChI is InChI=1S/C16H24N2O2S/c1-11-6-12(2)14(13(3)7-11)8-17-15(19)18-9-16(20)4-5-21-10-16/h6-7,20H,4-5,8-10H2,1-3H3,(H2,17,18,19)/t16-/m0/s1. The third-order valence-electron chi connectivity index (χ3n) is 3.93. The van der Waals surface area contributed by atoms with Crippen LogP contribution < -0.4 is 10.6 Å². The summed E-state index contributed by atoms with van der Waals surface area (Å²) in [4.78, 5) is 11.9. The number of rotatable bonds is 4. The second kappa shape index (κ2) is 6.71. The second-order valence-electron chi connectivity index (χ2n) is 5.94. The van der Waals surface area contributed by atoms with E-state index >= 15 is 0 Å². The van der Waals surface area contributed by atoms with Gasteiger partial charge in [0, 0.05) is 18.8 Å². The van der Waals surface area contributed by atoms with Gasteiger partial charge in [-0.2, -0.15) is 11.8 Å². The lowest BCUT2D eigenvalue weighted by atomic mass is 10.00. The Morgan fingerprint density at radius 3 is 2.52 bits per heavy atom. The number of benzene rings is 1. The van der Waals surface area contributed by atoms with Crippen LogP contribution in [0.1, 0.15) is 28.7 Å². The summed E-state index contributed by atoms with van der Waals surface area (Å²) in [6.07, 6.45) is 0.744. The first kappa shape index (κ1) is 16.2. The minimum atomic E-state index is -0.738. The van der Waals surface area contributed by atoms with Crippen LogP contribution >= 0.6 is 11.8 Å². The van der Waals surface area contributed by atoms with Gasteiger partial charge in [0.15, 0.2) is 0 Å². The smallest absolute Gasteiger partial charge is 0.315 e. The monoisotopic (exact) mass is 308 g/mol. The Bertz CT molecular complexity index is 502. The summed E-state index contributed by atoms with van der Waals surface area (Å²) in [6, 6.07) is 4.03. The highest BCUT2D eigenvalue weighted by molar-refractivity contribution is 7.99. The first-order valence-corrected chi connectivity index (χ1v) is 8.44. The highest BCUT2D eigenvalue weighted by atomic mass is 32.2. The molecular weight excluding hydrogens is 284 g/mol. The van der Waals surface area contributed by atoms with Gasteiger partial charge >= 0.3 is 6.03 Å². The molecule has 2 amide bonds. The fourth-order valence-electron chi connectivity index (χ4n) is 2.70. The SMILES string of the molecule is Cc1cc(C)c(CNC(=O)NC[C@@]2(O)CCSC2)c(C)c1. The lowest BCUT2D eigenvalue weighted by Gasteiger charge is -2.21. The van der Waals surface area contributed by atoms with E-state index in [4.69, 9.17) is 0 Å². The van der Waals surface area contributed by atoms with Crippen molar-refractivity contribution in [2.24, 2.45) is 0 Å². The van der Waals surface area contributed by atoms with Crippen LogP contribution in [0.25, 0.3) is 0 Å². The largest absolute Gasteiger partial charge is 0.387 e. The van der Waals surface area contributed by atoms with Crippen LogP contribution in [0.4, 0.5) is 4.79 Å². The molecule has 1 aromatic rings. The molecule has 0 spiro atoms.